The minimum atomic E-state index is -0.794. The number of hydrogen-bond acceptors (Lipinski definition) is 9. The second-order valence-electron chi connectivity index (χ2n) is 6.01. The molecule has 2 rings (SSSR count). The van der Waals surface area contributed by atoms with E-state index in [4.69, 9.17) is 4.74 Å². The lowest BCUT2D eigenvalue weighted by atomic mass is 10.3. The summed E-state index contributed by atoms with van der Waals surface area (Å²) in [5.41, 5.74) is 0.449. The van der Waals surface area contributed by atoms with E-state index in [9.17, 15) is 14.4 Å². The Labute approximate surface area is 184 Å². The van der Waals surface area contributed by atoms with Crippen LogP contribution in [0.15, 0.2) is 46.6 Å². The van der Waals surface area contributed by atoms with Gasteiger partial charge in [0.1, 0.15) is 17.2 Å². The SMILES string of the molecule is CCN(CC)C(=O)Oc1ccccc1N=Nc1ccc(NC(=O)OC)nc1NC(=O)OC. The fraction of sp³-hybridized carbons (Fsp3) is 0.300. The van der Waals surface area contributed by atoms with Crippen molar-refractivity contribution < 1.29 is 28.6 Å². The van der Waals surface area contributed by atoms with Gasteiger partial charge in [-0.25, -0.2) is 19.4 Å². The molecule has 3 amide bonds. The van der Waals surface area contributed by atoms with E-state index in [0.717, 1.165) is 0 Å². The number of anilines is 2. The predicted molar refractivity (Wildman–Crippen MR) is 116 cm³/mol. The zero-order valence-corrected chi connectivity index (χ0v) is 18.1. The van der Waals surface area contributed by atoms with Gasteiger partial charge >= 0.3 is 18.3 Å². The Morgan fingerprint density at radius 3 is 2.19 bits per heavy atom. The number of carbonyl (C=O) groups excluding carboxylic acids is 3. The summed E-state index contributed by atoms with van der Waals surface area (Å²) in [6, 6.07) is 9.52. The first kappa shape index (κ1) is 24.1. The minimum Gasteiger partial charge on any atom is -0.453 e. The topological polar surface area (TPSA) is 144 Å². The molecule has 0 fully saturated rings. The van der Waals surface area contributed by atoms with E-state index in [0.29, 0.717) is 13.1 Å². The molecule has 170 valence electrons. The number of rotatable bonds is 7. The van der Waals surface area contributed by atoms with E-state index in [1.54, 1.807) is 24.3 Å². The van der Waals surface area contributed by atoms with Crippen LogP contribution in [-0.2, 0) is 9.47 Å². The van der Waals surface area contributed by atoms with Gasteiger partial charge in [0.15, 0.2) is 11.6 Å². The van der Waals surface area contributed by atoms with Crippen molar-refractivity contribution in [1.29, 1.82) is 0 Å². The average molecular weight is 444 g/mol. The van der Waals surface area contributed by atoms with Gasteiger partial charge in [-0.05, 0) is 38.1 Å². The second-order valence-corrected chi connectivity index (χ2v) is 6.01. The summed E-state index contributed by atoms with van der Waals surface area (Å²) in [6.45, 7) is 4.69. The van der Waals surface area contributed by atoms with Crippen LogP contribution in [0.4, 0.5) is 37.4 Å². The van der Waals surface area contributed by atoms with Crippen LogP contribution in [0, 0.1) is 0 Å². The van der Waals surface area contributed by atoms with Gasteiger partial charge in [0, 0.05) is 13.1 Å². The summed E-state index contributed by atoms with van der Waals surface area (Å²) >= 11 is 0. The van der Waals surface area contributed by atoms with Crippen LogP contribution >= 0.6 is 0 Å². The number of amides is 3. The van der Waals surface area contributed by atoms with Crippen molar-refractivity contribution in [2.45, 2.75) is 13.8 Å². The summed E-state index contributed by atoms with van der Waals surface area (Å²) in [7, 11) is 2.39. The first-order valence-corrected chi connectivity index (χ1v) is 9.60. The Morgan fingerprint density at radius 2 is 1.53 bits per heavy atom. The van der Waals surface area contributed by atoms with Crippen molar-refractivity contribution in [2.75, 3.05) is 37.9 Å². The molecule has 0 saturated carbocycles. The quantitative estimate of drug-likeness (QED) is 0.589. The molecule has 0 atom stereocenters. The highest BCUT2D eigenvalue weighted by atomic mass is 16.6. The smallest absolute Gasteiger partial charge is 0.415 e. The van der Waals surface area contributed by atoms with E-state index in [1.165, 1.54) is 31.3 Å². The van der Waals surface area contributed by atoms with Gasteiger partial charge < -0.3 is 19.1 Å². The van der Waals surface area contributed by atoms with Crippen LogP contribution in [-0.4, -0.2) is 55.5 Å². The zero-order valence-electron chi connectivity index (χ0n) is 18.1. The van der Waals surface area contributed by atoms with Gasteiger partial charge in [0.2, 0.25) is 0 Å². The van der Waals surface area contributed by atoms with Gasteiger partial charge in [-0.2, -0.15) is 0 Å². The molecule has 12 nitrogen and oxygen atoms in total. The number of hydrogen-bond donors (Lipinski definition) is 2. The number of nitrogens with one attached hydrogen (secondary N) is 2. The molecule has 2 aromatic rings. The third-order valence-corrected chi connectivity index (χ3v) is 4.04. The molecule has 1 heterocycles. The Hall–Kier alpha value is -4.22. The van der Waals surface area contributed by atoms with Gasteiger partial charge in [0.25, 0.3) is 0 Å². The highest BCUT2D eigenvalue weighted by molar-refractivity contribution is 5.89. The maximum atomic E-state index is 12.3. The summed E-state index contributed by atoms with van der Waals surface area (Å²) in [5.74, 6) is 0.301. The van der Waals surface area contributed by atoms with Crippen LogP contribution < -0.4 is 15.4 Å². The second kappa shape index (κ2) is 11.8. The van der Waals surface area contributed by atoms with Crippen molar-refractivity contribution in [3.8, 4) is 5.75 Å². The molecule has 0 aliphatic carbocycles. The van der Waals surface area contributed by atoms with Crippen molar-refractivity contribution in [2.24, 2.45) is 10.2 Å². The van der Waals surface area contributed by atoms with Gasteiger partial charge in [-0.3, -0.25) is 10.6 Å². The van der Waals surface area contributed by atoms with E-state index < -0.39 is 18.3 Å². The highest BCUT2D eigenvalue weighted by Gasteiger charge is 2.15. The van der Waals surface area contributed by atoms with E-state index >= 15 is 0 Å². The Kier molecular flexibility index (Phi) is 8.90. The number of pyridine rings is 1. The van der Waals surface area contributed by atoms with Crippen LogP contribution in [0.1, 0.15) is 13.8 Å². The van der Waals surface area contributed by atoms with Gasteiger partial charge in [-0.1, -0.05) is 12.1 Å². The Morgan fingerprint density at radius 1 is 0.906 bits per heavy atom. The lowest BCUT2D eigenvalue weighted by molar-refractivity contribution is 0.157. The fourth-order valence-corrected chi connectivity index (χ4v) is 2.37. The van der Waals surface area contributed by atoms with E-state index in [1.807, 2.05) is 13.8 Å². The number of azo groups is 1. The summed E-state index contributed by atoms with van der Waals surface area (Å²) in [4.78, 5) is 41.0. The van der Waals surface area contributed by atoms with Crippen LogP contribution in [0.3, 0.4) is 0 Å². The monoisotopic (exact) mass is 444 g/mol. The molecule has 0 unspecified atom stereocenters. The minimum absolute atomic E-state index is 0.0212. The third kappa shape index (κ3) is 6.65. The lowest BCUT2D eigenvalue weighted by Crippen LogP contribution is -2.33. The molecule has 0 spiro atoms. The first-order chi connectivity index (χ1) is 15.4. The Bertz CT molecular complexity index is 992. The molecule has 1 aromatic heterocycles. The van der Waals surface area contributed by atoms with Crippen LogP contribution in [0.25, 0.3) is 0 Å². The molecular weight excluding hydrogens is 420 g/mol. The maximum Gasteiger partial charge on any atom is 0.415 e. The third-order valence-electron chi connectivity index (χ3n) is 4.04. The molecule has 0 bridgehead atoms. The zero-order chi connectivity index (χ0) is 23.5. The van der Waals surface area contributed by atoms with Crippen LogP contribution in [0.5, 0.6) is 5.75 Å². The van der Waals surface area contributed by atoms with Crippen molar-refractivity contribution >= 4 is 41.3 Å². The lowest BCUT2D eigenvalue weighted by Gasteiger charge is -2.18. The molecule has 0 radical (unpaired) electrons. The van der Waals surface area contributed by atoms with Crippen LogP contribution in [0.2, 0.25) is 0 Å². The van der Waals surface area contributed by atoms with E-state index in [2.05, 4.69) is 35.3 Å². The number of methoxy groups -OCH3 is 2. The number of aromatic nitrogens is 1. The van der Waals surface area contributed by atoms with Crippen molar-refractivity contribution in [3.05, 3.63) is 36.4 Å². The van der Waals surface area contributed by atoms with Crippen molar-refractivity contribution in [3.63, 3.8) is 0 Å². The molecule has 32 heavy (non-hydrogen) atoms. The summed E-state index contributed by atoms with van der Waals surface area (Å²) in [6.07, 6.45) is -2.04. The fourth-order valence-electron chi connectivity index (χ4n) is 2.37. The number of nitrogens with zero attached hydrogens (tertiary/aromatic N) is 4. The molecule has 12 heteroatoms. The van der Waals surface area contributed by atoms with Gasteiger partial charge in [-0.15, -0.1) is 10.2 Å². The highest BCUT2D eigenvalue weighted by Crippen LogP contribution is 2.32. The number of ether oxygens (including phenoxy) is 3. The molecule has 0 aliphatic rings. The first-order valence-electron chi connectivity index (χ1n) is 9.60. The molecule has 1 aromatic carbocycles. The molecule has 0 saturated heterocycles. The molecule has 0 aliphatic heterocycles. The number of benzene rings is 1. The number of carbonyl (C=O) groups is 3. The molecular formula is C20H24N6O6. The Balaban J connectivity index is 2.33. The van der Waals surface area contributed by atoms with E-state index in [-0.39, 0.29) is 28.8 Å². The normalized spacial score (nSPS) is 10.4. The predicted octanol–water partition coefficient (Wildman–Crippen LogP) is 4.69. The largest absolute Gasteiger partial charge is 0.453 e. The average Bonchev–Trinajstić information content (AvgIpc) is 2.80. The summed E-state index contributed by atoms with van der Waals surface area (Å²) in [5, 5.41) is 13.0. The standard InChI is InChI=1S/C20H24N6O6/c1-5-26(6-2)20(29)32-15-10-8-7-9-13(15)24-25-14-11-12-16(22-18(27)30-3)21-17(14)23-19(28)31-4/h7-12H,5-6H2,1-4H3,(H2,21,22,23,27,28). The van der Waals surface area contributed by atoms with Gasteiger partial charge in [0.05, 0.1) is 14.2 Å². The summed E-state index contributed by atoms with van der Waals surface area (Å²) < 4.78 is 14.5. The molecule has 2 N–H and O–H groups in total. The van der Waals surface area contributed by atoms with Crippen molar-refractivity contribution in [1.82, 2.24) is 9.88 Å². The maximum absolute atomic E-state index is 12.3. The number of para-hydroxylation sites is 1.